The summed E-state index contributed by atoms with van der Waals surface area (Å²) in [7, 11) is -2.05. The van der Waals surface area contributed by atoms with Gasteiger partial charge in [-0.05, 0) is 63.1 Å². The van der Waals surface area contributed by atoms with Gasteiger partial charge in [-0.25, -0.2) is 8.42 Å². The molecule has 1 amide bonds. The van der Waals surface area contributed by atoms with Gasteiger partial charge in [-0.3, -0.25) is 4.79 Å². The van der Waals surface area contributed by atoms with Crippen molar-refractivity contribution < 1.29 is 22.7 Å². The number of ether oxygens (including phenoxy) is 2. The number of sulfonamides is 1. The van der Waals surface area contributed by atoms with Gasteiger partial charge in [0.25, 0.3) is 5.91 Å². The molecule has 0 spiro atoms. The van der Waals surface area contributed by atoms with Crippen LogP contribution in [-0.4, -0.2) is 62.4 Å². The van der Waals surface area contributed by atoms with Crippen molar-refractivity contribution in [2.75, 3.05) is 33.3 Å². The number of hydrogen-bond donors (Lipinski definition) is 0. The van der Waals surface area contributed by atoms with Gasteiger partial charge in [0.05, 0.1) is 12.0 Å². The van der Waals surface area contributed by atoms with E-state index in [2.05, 4.69) is 0 Å². The molecule has 3 rings (SSSR count). The molecule has 0 aliphatic carbocycles. The summed E-state index contributed by atoms with van der Waals surface area (Å²) >= 11 is 0. The zero-order valence-corrected chi connectivity index (χ0v) is 19.5. The molecule has 1 aliphatic rings. The van der Waals surface area contributed by atoms with Crippen LogP contribution < -0.4 is 9.47 Å². The summed E-state index contributed by atoms with van der Waals surface area (Å²) in [4.78, 5) is 15.1. The molecule has 0 atom stereocenters. The van der Waals surface area contributed by atoms with Crippen molar-refractivity contribution in [3.8, 4) is 11.5 Å². The summed E-state index contributed by atoms with van der Waals surface area (Å²) < 4.78 is 38.8. The molecule has 168 valence electrons. The van der Waals surface area contributed by atoms with Crippen molar-refractivity contribution in [3.05, 3.63) is 53.6 Å². The Morgan fingerprint density at radius 2 is 1.55 bits per heavy atom. The molecule has 1 fully saturated rings. The second-order valence-corrected chi connectivity index (χ2v) is 10.1. The minimum Gasteiger partial charge on any atom is -0.493 e. The van der Waals surface area contributed by atoms with Gasteiger partial charge in [-0.1, -0.05) is 18.2 Å². The van der Waals surface area contributed by atoms with Gasteiger partial charge in [0.2, 0.25) is 10.0 Å². The van der Waals surface area contributed by atoms with Gasteiger partial charge >= 0.3 is 0 Å². The molecule has 1 saturated heterocycles. The van der Waals surface area contributed by atoms with E-state index in [1.54, 1.807) is 50.1 Å². The van der Waals surface area contributed by atoms with Crippen LogP contribution in [0.4, 0.5) is 0 Å². The minimum absolute atomic E-state index is 0.193. The van der Waals surface area contributed by atoms with Crippen molar-refractivity contribution in [1.29, 1.82) is 0 Å². The van der Waals surface area contributed by atoms with E-state index in [9.17, 15) is 13.2 Å². The predicted octanol–water partition coefficient (Wildman–Crippen LogP) is 3.00. The molecule has 1 heterocycles. The summed E-state index contributed by atoms with van der Waals surface area (Å²) in [6, 6.07) is 12.3. The summed E-state index contributed by atoms with van der Waals surface area (Å²) in [6.45, 7) is 8.36. The highest BCUT2D eigenvalue weighted by Gasteiger charge is 2.38. The summed E-state index contributed by atoms with van der Waals surface area (Å²) in [5.41, 5.74) is 0.862. The largest absolute Gasteiger partial charge is 0.493 e. The highest BCUT2D eigenvalue weighted by atomic mass is 32.2. The summed E-state index contributed by atoms with van der Waals surface area (Å²) in [6.07, 6.45) is 0. The van der Waals surface area contributed by atoms with Crippen LogP contribution in [0.15, 0.2) is 47.4 Å². The average molecular weight is 447 g/mol. The minimum atomic E-state index is -3.60. The Labute approximate surface area is 184 Å². The Morgan fingerprint density at radius 1 is 0.935 bits per heavy atom. The summed E-state index contributed by atoms with van der Waals surface area (Å²) in [5, 5.41) is 0. The third-order valence-electron chi connectivity index (χ3n) is 5.59. The Bertz CT molecular complexity index is 1060. The highest BCUT2D eigenvalue weighted by Crippen LogP contribution is 2.30. The SMILES string of the molecule is COc1ccccc1OC(C)(C)C(=O)N1CCN(S(=O)(=O)c2ccc(C)c(C)c2)CC1. The number of nitrogens with zero attached hydrogens (tertiary/aromatic N) is 2. The second-order valence-electron chi connectivity index (χ2n) is 8.21. The van der Waals surface area contributed by atoms with Gasteiger partial charge in [0, 0.05) is 26.2 Å². The molecule has 0 N–H and O–H groups in total. The number of aryl methyl sites for hydroxylation is 2. The molecule has 2 aromatic carbocycles. The fourth-order valence-corrected chi connectivity index (χ4v) is 5.07. The number of para-hydroxylation sites is 2. The quantitative estimate of drug-likeness (QED) is 0.682. The Kier molecular flexibility index (Phi) is 6.62. The van der Waals surface area contributed by atoms with E-state index in [-0.39, 0.29) is 23.9 Å². The van der Waals surface area contributed by atoms with Crippen LogP contribution in [-0.2, 0) is 14.8 Å². The smallest absolute Gasteiger partial charge is 0.266 e. The number of amides is 1. The average Bonchev–Trinajstić information content (AvgIpc) is 2.75. The standard InChI is InChI=1S/C23H30N2O5S/c1-17-10-11-19(16-18(17)2)31(27,28)25-14-12-24(13-15-25)22(26)23(3,4)30-21-9-7-6-8-20(21)29-5/h6-11,16H,12-15H2,1-5H3. The molecular weight excluding hydrogens is 416 g/mol. The molecular formula is C23H30N2O5S. The Hall–Kier alpha value is -2.58. The molecule has 1 aliphatic heterocycles. The number of benzene rings is 2. The van der Waals surface area contributed by atoms with Crippen LogP contribution in [0.2, 0.25) is 0 Å². The Balaban J connectivity index is 1.68. The molecule has 0 aromatic heterocycles. The Morgan fingerprint density at radius 3 is 2.13 bits per heavy atom. The van der Waals surface area contributed by atoms with E-state index in [4.69, 9.17) is 9.47 Å². The van der Waals surface area contributed by atoms with E-state index >= 15 is 0 Å². The topological polar surface area (TPSA) is 76.2 Å². The first-order chi connectivity index (χ1) is 14.6. The number of carbonyl (C=O) groups is 1. The molecule has 2 aromatic rings. The van der Waals surface area contributed by atoms with Crippen molar-refractivity contribution in [2.24, 2.45) is 0 Å². The molecule has 0 bridgehead atoms. The number of rotatable bonds is 6. The second kappa shape index (κ2) is 8.88. The zero-order chi connectivity index (χ0) is 22.8. The number of carbonyl (C=O) groups excluding carboxylic acids is 1. The van der Waals surface area contributed by atoms with Crippen molar-refractivity contribution in [1.82, 2.24) is 9.21 Å². The van der Waals surface area contributed by atoms with Crippen LogP contribution in [0, 0.1) is 13.8 Å². The molecule has 31 heavy (non-hydrogen) atoms. The normalized spacial score (nSPS) is 15.6. The molecule has 0 unspecified atom stereocenters. The van der Waals surface area contributed by atoms with Gasteiger partial charge in [-0.2, -0.15) is 4.31 Å². The number of hydrogen-bond acceptors (Lipinski definition) is 5. The molecule has 0 saturated carbocycles. The van der Waals surface area contributed by atoms with Crippen LogP contribution in [0.3, 0.4) is 0 Å². The van der Waals surface area contributed by atoms with E-state index in [1.807, 2.05) is 32.0 Å². The van der Waals surface area contributed by atoms with Crippen LogP contribution in [0.25, 0.3) is 0 Å². The first-order valence-corrected chi connectivity index (χ1v) is 11.7. The van der Waals surface area contributed by atoms with Gasteiger partial charge in [0.15, 0.2) is 17.1 Å². The maximum atomic E-state index is 13.1. The van der Waals surface area contributed by atoms with E-state index in [1.165, 1.54) is 4.31 Å². The van der Waals surface area contributed by atoms with Crippen molar-refractivity contribution in [2.45, 2.75) is 38.2 Å². The third kappa shape index (κ3) is 4.85. The van der Waals surface area contributed by atoms with E-state index in [0.717, 1.165) is 11.1 Å². The molecule has 8 heteroatoms. The molecule has 7 nitrogen and oxygen atoms in total. The first-order valence-electron chi connectivity index (χ1n) is 10.2. The van der Waals surface area contributed by atoms with Crippen LogP contribution in [0.1, 0.15) is 25.0 Å². The maximum absolute atomic E-state index is 13.1. The van der Waals surface area contributed by atoms with Crippen LogP contribution in [0.5, 0.6) is 11.5 Å². The summed E-state index contributed by atoms with van der Waals surface area (Å²) in [5.74, 6) is 0.841. The number of methoxy groups -OCH3 is 1. The zero-order valence-electron chi connectivity index (χ0n) is 18.7. The highest BCUT2D eigenvalue weighted by molar-refractivity contribution is 7.89. The lowest BCUT2D eigenvalue weighted by atomic mass is 10.1. The van der Waals surface area contributed by atoms with Gasteiger partial charge in [0.1, 0.15) is 0 Å². The predicted molar refractivity (Wildman–Crippen MR) is 119 cm³/mol. The van der Waals surface area contributed by atoms with Crippen molar-refractivity contribution in [3.63, 3.8) is 0 Å². The first kappa shape index (κ1) is 23.1. The molecule has 0 radical (unpaired) electrons. The maximum Gasteiger partial charge on any atom is 0.266 e. The fraction of sp³-hybridized carbons (Fsp3) is 0.435. The lowest BCUT2D eigenvalue weighted by Gasteiger charge is -2.38. The van der Waals surface area contributed by atoms with Crippen LogP contribution >= 0.6 is 0 Å². The van der Waals surface area contributed by atoms with Gasteiger partial charge in [-0.15, -0.1) is 0 Å². The lowest BCUT2D eigenvalue weighted by molar-refractivity contribution is -0.146. The number of piperazine rings is 1. The van der Waals surface area contributed by atoms with Crippen molar-refractivity contribution >= 4 is 15.9 Å². The fourth-order valence-electron chi connectivity index (χ4n) is 3.56. The van der Waals surface area contributed by atoms with E-state index in [0.29, 0.717) is 24.6 Å². The van der Waals surface area contributed by atoms with Gasteiger partial charge < -0.3 is 14.4 Å². The lowest BCUT2D eigenvalue weighted by Crippen LogP contribution is -2.56. The van der Waals surface area contributed by atoms with E-state index < -0.39 is 15.6 Å². The monoisotopic (exact) mass is 446 g/mol. The third-order valence-corrected chi connectivity index (χ3v) is 7.49.